The van der Waals surface area contributed by atoms with E-state index in [1.165, 1.54) is 0 Å². The SMILES string of the molecule is C1=NOCC1.O=[PH](O)O. The average Bonchev–Trinajstić information content (AvgIpc) is 2.11. The summed E-state index contributed by atoms with van der Waals surface area (Å²) in [5, 5.41) is 3.46. The third-order valence-corrected chi connectivity index (χ3v) is 0.487. The van der Waals surface area contributed by atoms with E-state index in [0.29, 0.717) is 0 Å². The Morgan fingerprint density at radius 1 is 1.67 bits per heavy atom. The highest BCUT2D eigenvalue weighted by Crippen LogP contribution is 1.98. The zero-order valence-corrected chi connectivity index (χ0v) is 5.65. The van der Waals surface area contributed by atoms with Crippen LogP contribution in [0.3, 0.4) is 0 Å². The van der Waals surface area contributed by atoms with Gasteiger partial charge in [0.1, 0.15) is 6.61 Å². The van der Waals surface area contributed by atoms with Crippen molar-refractivity contribution in [3.05, 3.63) is 0 Å². The lowest BCUT2D eigenvalue weighted by atomic mass is 10.5. The average molecular weight is 153 g/mol. The molecule has 1 rings (SSSR count). The van der Waals surface area contributed by atoms with Gasteiger partial charge in [-0.1, -0.05) is 5.16 Å². The zero-order chi connectivity index (χ0) is 7.11. The van der Waals surface area contributed by atoms with Crippen molar-refractivity contribution in [1.29, 1.82) is 0 Å². The Kier molecular flexibility index (Phi) is 5.51. The van der Waals surface area contributed by atoms with Gasteiger partial charge in [-0.2, -0.15) is 0 Å². The molecule has 54 valence electrons. The Balaban J connectivity index is 0.000000148. The normalized spacial score (nSPS) is 14.6. The van der Waals surface area contributed by atoms with Gasteiger partial charge >= 0.3 is 8.25 Å². The predicted molar refractivity (Wildman–Crippen MR) is 32.5 cm³/mol. The minimum Gasteiger partial charge on any atom is -0.396 e. The van der Waals surface area contributed by atoms with Crippen molar-refractivity contribution >= 4 is 14.5 Å². The fraction of sp³-hybridized carbons (Fsp3) is 0.667. The van der Waals surface area contributed by atoms with Crippen LogP contribution >= 0.6 is 8.25 Å². The van der Waals surface area contributed by atoms with Crippen LogP contribution in [-0.4, -0.2) is 22.6 Å². The van der Waals surface area contributed by atoms with Crippen LogP contribution in [0.15, 0.2) is 5.16 Å². The Bertz CT molecular complexity index is 104. The van der Waals surface area contributed by atoms with Crippen LogP contribution in [-0.2, 0) is 9.40 Å². The third kappa shape index (κ3) is 11.3. The molecule has 0 spiro atoms. The molecule has 0 atom stereocenters. The highest BCUT2D eigenvalue weighted by atomic mass is 31.1. The molecule has 0 unspecified atom stereocenters. The fourth-order valence-corrected chi connectivity index (χ4v) is 0.264. The molecule has 0 saturated heterocycles. The summed E-state index contributed by atoms with van der Waals surface area (Å²) >= 11 is 0. The predicted octanol–water partition coefficient (Wildman–Crippen LogP) is -0.247. The minimum absolute atomic E-state index is 0.778. The van der Waals surface area contributed by atoms with E-state index in [0.717, 1.165) is 13.0 Å². The lowest BCUT2D eigenvalue weighted by molar-refractivity contribution is 0.174. The molecule has 0 radical (unpaired) electrons. The number of rotatable bonds is 0. The van der Waals surface area contributed by atoms with Gasteiger partial charge in [0.25, 0.3) is 0 Å². The van der Waals surface area contributed by atoms with Crippen molar-refractivity contribution in [3.8, 4) is 0 Å². The number of hydrogen-bond donors (Lipinski definition) is 2. The van der Waals surface area contributed by atoms with Crippen LogP contribution in [0.5, 0.6) is 0 Å². The highest BCUT2D eigenvalue weighted by molar-refractivity contribution is 7.30. The Hall–Kier alpha value is -0.380. The Morgan fingerprint density at radius 3 is 2.33 bits per heavy atom. The summed E-state index contributed by atoms with van der Waals surface area (Å²) < 4.78 is 8.74. The smallest absolute Gasteiger partial charge is 0.314 e. The minimum atomic E-state index is -3.13. The number of oxime groups is 1. The van der Waals surface area contributed by atoms with E-state index in [1.807, 2.05) is 0 Å². The quantitative estimate of drug-likeness (QED) is 0.470. The van der Waals surface area contributed by atoms with Gasteiger partial charge in [-0.05, 0) is 0 Å². The first-order valence-corrected chi connectivity index (χ1v) is 3.59. The second kappa shape index (κ2) is 5.75. The van der Waals surface area contributed by atoms with Crippen LogP contribution in [0, 0.1) is 0 Å². The molecule has 0 aromatic heterocycles. The monoisotopic (exact) mass is 153 g/mol. The summed E-state index contributed by atoms with van der Waals surface area (Å²) in [7, 11) is -3.13. The summed E-state index contributed by atoms with van der Waals surface area (Å²) in [5.41, 5.74) is 0. The number of nitrogens with zero attached hydrogens (tertiary/aromatic N) is 1. The maximum Gasteiger partial charge on any atom is 0.314 e. The van der Waals surface area contributed by atoms with E-state index < -0.39 is 8.25 Å². The molecule has 9 heavy (non-hydrogen) atoms. The molecule has 1 aliphatic rings. The van der Waals surface area contributed by atoms with E-state index in [9.17, 15) is 0 Å². The summed E-state index contributed by atoms with van der Waals surface area (Å²) in [6.45, 7) is 0.778. The molecule has 0 aromatic rings. The molecular formula is C3H8NO4P. The van der Waals surface area contributed by atoms with Gasteiger partial charge in [0.05, 0.1) is 0 Å². The molecule has 2 N–H and O–H groups in total. The van der Waals surface area contributed by atoms with Gasteiger partial charge in [-0.25, -0.2) is 0 Å². The summed E-state index contributed by atoms with van der Waals surface area (Å²) in [6.07, 6.45) is 2.75. The van der Waals surface area contributed by atoms with E-state index in [-0.39, 0.29) is 0 Å². The lowest BCUT2D eigenvalue weighted by Crippen LogP contribution is -1.72. The second-order valence-electron chi connectivity index (χ2n) is 1.19. The molecule has 6 heteroatoms. The zero-order valence-electron chi connectivity index (χ0n) is 4.65. The van der Waals surface area contributed by atoms with Gasteiger partial charge in [-0.3, -0.25) is 4.57 Å². The van der Waals surface area contributed by atoms with Crippen molar-refractivity contribution in [2.24, 2.45) is 5.16 Å². The Labute approximate surface area is 52.9 Å². The van der Waals surface area contributed by atoms with Gasteiger partial charge in [0.15, 0.2) is 0 Å². The van der Waals surface area contributed by atoms with E-state index in [1.54, 1.807) is 6.21 Å². The first kappa shape index (κ1) is 8.62. The van der Waals surface area contributed by atoms with E-state index >= 15 is 0 Å². The lowest BCUT2D eigenvalue weighted by Gasteiger charge is -1.76. The molecule has 0 fully saturated rings. The second-order valence-corrected chi connectivity index (χ2v) is 1.76. The molecule has 0 bridgehead atoms. The van der Waals surface area contributed by atoms with Crippen molar-refractivity contribution in [2.45, 2.75) is 6.42 Å². The van der Waals surface area contributed by atoms with E-state index in [4.69, 9.17) is 14.4 Å². The van der Waals surface area contributed by atoms with Crippen LogP contribution in [0.25, 0.3) is 0 Å². The van der Waals surface area contributed by atoms with Crippen LogP contribution in [0.2, 0.25) is 0 Å². The van der Waals surface area contributed by atoms with E-state index in [2.05, 4.69) is 9.99 Å². The van der Waals surface area contributed by atoms with Gasteiger partial charge in [0.2, 0.25) is 0 Å². The number of hydrogen-bond acceptors (Lipinski definition) is 3. The standard InChI is InChI=1S/C3H5NO.H3O3P/c1-2-4-5-3-1;1-4(2)3/h2H,1,3H2;4H,(H2,1,2,3). The third-order valence-electron chi connectivity index (χ3n) is 0.487. The van der Waals surface area contributed by atoms with Gasteiger partial charge in [-0.15, -0.1) is 0 Å². The van der Waals surface area contributed by atoms with Crippen LogP contribution in [0.1, 0.15) is 6.42 Å². The van der Waals surface area contributed by atoms with Crippen LogP contribution < -0.4 is 0 Å². The summed E-state index contributed by atoms with van der Waals surface area (Å²) in [5.74, 6) is 0. The maximum absolute atomic E-state index is 8.74. The molecule has 0 saturated carbocycles. The fourth-order valence-electron chi connectivity index (χ4n) is 0.264. The van der Waals surface area contributed by atoms with Gasteiger partial charge in [0, 0.05) is 12.6 Å². The van der Waals surface area contributed by atoms with Crippen molar-refractivity contribution in [2.75, 3.05) is 6.61 Å². The molecular weight excluding hydrogens is 145 g/mol. The Morgan fingerprint density at radius 2 is 2.22 bits per heavy atom. The van der Waals surface area contributed by atoms with Gasteiger partial charge < -0.3 is 14.6 Å². The largest absolute Gasteiger partial charge is 0.396 e. The first-order valence-electron chi connectivity index (χ1n) is 2.29. The van der Waals surface area contributed by atoms with Crippen molar-refractivity contribution in [3.63, 3.8) is 0 Å². The first-order chi connectivity index (χ1) is 4.23. The highest BCUT2D eigenvalue weighted by Gasteiger charge is 1.86. The van der Waals surface area contributed by atoms with Crippen molar-refractivity contribution < 1.29 is 19.2 Å². The maximum atomic E-state index is 8.74. The summed E-state index contributed by atoms with van der Waals surface area (Å²) in [4.78, 5) is 18.8. The molecule has 0 aliphatic carbocycles. The molecule has 5 nitrogen and oxygen atoms in total. The molecule has 1 heterocycles. The molecule has 0 aromatic carbocycles. The molecule has 0 amide bonds. The summed E-state index contributed by atoms with van der Waals surface area (Å²) in [6, 6.07) is 0. The molecule has 1 aliphatic heterocycles. The topological polar surface area (TPSA) is 79.1 Å². The van der Waals surface area contributed by atoms with Crippen LogP contribution in [0.4, 0.5) is 0 Å². The van der Waals surface area contributed by atoms with Crippen molar-refractivity contribution in [1.82, 2.24) is 0 Å².